The van der Waals surface area contributed by atoms with Gasteiger partial charge in [-0.3, -0.25) is 14.4 Å². The number of rotatable bonds is 3. The lowest BCUT2D eigenvalue weighted by molar-refractivity contribution is -0.159. The third-order valence-electron chi connectivity index (χ3n) is 8.14. The van der Waals surface area contributed by atoms with E-state index in [2.05, 4.69) is 0 Å². The molecule has 36 heavy (non-hydrogen) atoms. The van der Waals surface area contributed by atoms with Gasteiger partial charge in [0.25, 0.3) is 5.91 Å². The summed E-state index contributed by atoms with van der Waals surface area (Å²) in [7, 11) is 0. The van der Waals surface area contributed by atoms with E-state index in [-0.39, 0.29) is 25.0 Å². The molecule has 4 heterocycles. The number of nitrogens with zero attached hydrogens (tertiary/aromatic N) is 2. The lowest BCUT2D eigenvalue weighted by atomic mass is 9.74. The second kappa shape index (κ2) is 8.85. The molecule has 0 saturated carbocycles. The van der Waals surface area contributed by atoms with Gasteiger partial charge < -0.3 is 24.4 Å². The van der Waals surface area contributed by atoms with Crippen LogP contribution >= 0.6 is 0 Å². The highest BCUT2D eigenvalue weighted by atomic mass is 16.6. The molecule has 1 N–H and O–H groups in total. The number of ether oxygens (including phenoxy) is 2. The van der Waals surface area contributed by atoms with Gasteiger partial charge in [-0.15, -0.1) is 0 Å². The normalized spacial score (nSPS) is 35.7. The molecule has 0 aliphatic carbocycles. The van der Waals surface area contributed by atoms with Gasteiger partial charge in [0.1, 0.15) is 17.6 Å². The number of para-hydroxylation sites is 1. The lowest BCUT2D eigenvalue weighted by Crippen LogP contribution is -2.58. The Morgan fingerprint density at radius 2 is 1.81 bits per heavy atom. The van der Waals surface area contributed by atoms with Crippen LogP contribution in [0.25, 0.3) is 0 Å². The highest BCUT2D eigenvalue weighted by molar-refractivity contribution is 6.06. The quantitative estimate of drug-likeness (QED) is 0.512. The molecule has 1 spiro atoms. The Labute approximate surface area is 211 Å². The van der Waals surface area contributed by atoms with E-state index in [1.807, 2.05) is 50.3 Å². The number of fused-ring (bicyclic) bond motifs is 2. The number of hydrogen-bond donors (Lipinski definition) is 1. The molecule has 8 heteroatoms. The Balaban J connectivity index is 1.69. The van der Waals surface area contributed by atoms with Crippen molar-refractivity contribution in [3.05, 3.63) is 53.6 Å². The van der Waals surface area contributed by atoms with E-state index in [4.69, 9.17) is 9.47 Å². The van der Waals surface area contributed by atoms with E-state index in [0.717, 1.165) is 23.2 Å². The molecule has 1 aromatic carbocycles. The van der Waals surface area contributed by atoms with Crippen molar-refractivity contribution in [2.45, 2.75) is 63.8 Å². The molecule has 4 aliphatic rings. The Hall–Kier alpha value is -2.97. The second-order valence-corrected chi connectivity index (χ2v) is 10.6. The Morgan fingerprint density at radius 1 is 1.08 bits per heavy atom. The molecule has 192 valence electrons. The van der Waals surface area contributed by atoms with Crippen LogP contribution in [-0.2, 0) is 23.9 Å². The second-order valence-electron chi connectivity index (χ2n) is 10.6. The first-order valence-electron chi connectivity index (χ1n) is 12.7. The third kappa shape index (κ3) is 3.45. The maximum atomic E-state index is 14.4. The lowest BCUT2D eigenvalue weighted by Gasteiger charge is -2.39. The zero-order chi connectivity index (χ0) is 25.8. The number of likely N-dealkylation sites (tertiary alicyclic amines) is 1. The van der Waals surface area contributed by atoms with Crippen LogP contribution in [0.2, 0.25) is 0 Å². The molecule has 0 radical (unpaired) electrons. The van der Waals surface area contributed by atoms with Crippen molar-refractivity contribution < 1.29 is 29.0 Å². The van der Waals surface area contributed by atoms with Crippen LogP contribution in [0.3, 0.4) is 0 Å². The van der Waals surface area contributed by atoms with Crippen LogP contribution < -0.4 is 4.90 Å². The number of allylic oxidation sites excluding steroid dienone is 1. The standard InChI is InChI=1S/C28H34N2O6/c1-17-10-8-11-18(2)22(17)29-14-9-13-28-20(24(32)30(19(3)16-31)23(28)25(29)33)21-26(34)35-15-7-5-6-12-27(21,4)36-28/h6,8-13,19-21,23,31H,5,7,14-16H2,1-4H3/b12-6-/t19-,20+,21+,23?,27-,28+/m1/s1. The zero-order valence-electron chi connectivity index (χ0n) is 21.3. The van der Waals surface area contributed by atoms with E-state index in [9.17, 15) is 19.5 Å². The number of aryl methyl sites for hydroxylation is 2. The van der Waals surface area contributed by atoms with Crippen LogP contribution in [0.5, 0.6) is 0 Å². The largest absolute Gasteiger partial charge is 0.465 e. The van der Waals surface area contributed by atoms with Gasteiger partial charge in [0, 0.05) is 12.2 Å². The molecule has 4 aliphatic heterocycles. The van der Waals surface area contributed by atoms with Crippen LogP contribution in [0, 0.1) is 25.7 Å². The van der Waals surface area contributed by atoms with Crippen molar-refractivity contribution in [1.82, 2.24) is 4.90 Å². The smallest absolute Gasteiger partial charge is 0.313 e. The van der Waals surface area contributed by atoms with Crippen molar-refractivity contribution in [2.75, 3.05) is 24.7 Å². The average Bonchev–Trinajstić information content (AvgIpc) is 3.19. The first-order chi connectivity index (χ1) is 17.2. The number of aliphatic hydroxyl groups excluding tert-OH is 1. The van der Waals surface area contributed by atoms with E-state index in [1.165, 1.54) is 4.90 Å². The summed E-state index contributed by atoms with van der Waals surface area (Å²) in [5, 5.41) is 10.1. The summed E-state index contributed by atoms with van der Waals surface area (Å²) in [6.07, 6.45) is 8.90. The highest BCUT2D eigenvalue weighted by Gasteiger charge is 2.75. The van der Waals surface area contributed by atoms with Crippen molar-refractivity contribution >= 4 is 23.5 Å². The first kappa shape index (κ1) is 24.7. The molecule has 2 saturated heterocycles. The van der Waals surface area contributed by atoms with Crippen LogP contribution in [0.4, 0.5) is 5.69 Å². The summed E-state index contributed by atoms with van der Waals surface area (Å²) in [6, 6.07) is 4.17. The Bertz CT molecular complexity index is 1140. The van der Waals surface area contributed by atoms with Crippen LogP contribution in [0.15, 0.2) is 42.5 Å². The summed E-state index contributed by atoms with van der Waals surface area (Å²) >= 11 is 0. The number of carbonyl (C=O) groups is 3. The minimum atomic E-state index is -1.37. The highest BCUT2D eigenvalue weighted by Crippen LogP contribution is 2.57. The van der Waals surface area contributed by atoms with Gasteiger partial charge in [0.05, 0.1) is 30.8 Å². The van der Waals surface area contributed by atoms with E-state index >= 15 is 0 Å². The van der Waals surface area contributed by atoms with Gasteiger partial charge in [0.15, 0.2) is 0 Å². The number of amides is 2. The fourth-order valence-corrected chi connectivity index (χ4v) is 6.57. The van der Waals surface area contributed by atoms with Crippen molar-refractivity contribution in [3.63, 3.8) is 0 Å². The van der Waals surface area contributed by atoms with Gasteiger partial charge >= 0.3 is 5.97 Å². The monoisotopic (exact) mass is 494 g/mol. The molecule has 0 aromatic heterocycles. The molecule has 0 bridgehead atoms. The molecule has 2 fully saturated rings. The summed E-state index contributed by atoms with van der Waals surface area (Å²) < 4.78 is 12.3. The number of benzene rings is 1. The van der Waals surface area contributed by atoms with Crippen LogP contribution in [0.1, 0.15) is 37.8 Å². The molecule has 1 unspecified atom stereocenters. The van der Waals surface area contributed by atoms with Gasteiger partial charge in [-0.25, -0.2) is 0 Å². The topological polar surface area (TPSA) is 96.4 Å². The summed E-state index contributed by atoms with van der Waals surface area (Å²) in [6.45, 7) is 7.65. The van der Waals surface area contributed by atoms with Crippen molar-refractivity contribution in [2.24, 2.45) is 11.8 Å². The molecule has 1 aromatic rings. The van der Waals surface area contributed by atoms with E-state index in [1.54, 1.807) is 24.8 Å². The number of anilines is 1. The predicted molar refractivity (Wildman–Crippen MR) is 133 cm³/mol. The maximum Gasteiger partial charge on any atom is 0.313 e. The maximum absolute atomic E-state index is 14.4. The number of aliphatic hydroxyl groups is 1. The number of esters is 1. The molecule has 8 nitrogen and oxygen atoms in total. The molecular formula is C28H34N2O6. The van der Waals surface area contributed by atoms with Gasteiger partial charge in [0.2, 0.25) is 5.91 Å². The Kier molecular flexibility index (Phi) is 6.08. The minimum Gasteiger partial charge on any atom is -0.465 e. The van der Waals surface area contributed by atoms with Gasteiger partial charge in [-0.1, -0.05) is 42.5 Å². The molecule has 6 atom stereocenters. The molecular weight excluding hydrogens is 460 g/mol. The fraction of sp³-hybridized carbons (Fsp3) is 0.536. The number of hydrogen-bond acceptors (Lipinski definition) is 6. The van der Waals surface area contributed by atoms with Gasteiger partial charge in [-0.2, -0.15) is 0 Å². The van der Waals surface area contributed by atoms with Crippen molar-refractivity contribution in [3.8, 4) is 0 Å². The molecule has 2 amide bonds. The number of carbonyl (C=O) groups excluding carboxylic acids is 3. The summed E-state index contributed by atoms with van der Waals surface area (Å²) in [4.78, 5) is 45.0. The minimum absolute atomic E-state index is 0.263. The third-order valence-corrected chi connectivity index (χ3v) is 8.14. The van der Waals surface area contributed by atoms with Crippen molar-refractivity contribution in [1.29, 1.82) is 0 Å². The van der Waals surface area contributed by atoms with E-state index < -0.39 is 41.1 Å². The van der Waals surface area contributed by atoms with Crippen LogP contribution in [-0.4, -0.2) is 70.8 Å². The Morgan fingerprint density at radius 3 is 2.50 bits per heavy atom. The summed E-state index contributed by atoms with van der Waals surface area (Å²) in [5.41, 5.74) is 0.193. The molecule has 5 rings (SSSR count). The fourth-order valence-electron chi connectivity index (χ4n) is 6.57. The van der Waals surface area contributed by atoms with E-state index in [0.29, 0.717) is 13.0 Å². The SMILES string of the molecule is Cc1cccc(C)c1N1CC=C[C@]23O[C@]4(C)/C=C\CCCOC(=O)[C@@H]4[C@H]2C(=O)N([C@H](C)CO)C3C1=O. The number of cyclic esters (lactones) is 1. The zero-order valence-corrected chi connectivity index (χ0v) is 21.3. The van der Waals surface area contributed by atoms with Gasteiger partial charge in [-0.05, 0) is 51.7 Å². The first-order valence-corrected chi connectivity index (χ1v) is 12.7. The average molecular weight is 495 g/mol. The predicted octanol–water partition coefficient (Wildman–Crippen LogP) is 2.45. The summed E-state index contributed by atoms with van der Waals surface area (Å²) in [5.74, 6) is -3.02.